The van der Waals surface area contributed by atoms with E-state index in [1.165, 1.54) is 0 Å². The molecule has 1 aromatic heterocycles. The molecule has 1 aliphatic rings. The van der Waals surface area contributed by atoms with Crippen LogP contribution in [0.4, 0.5) is 0 Å². The zero-order chi connectivity index (χ0) is 16.1. The molecular formula is C20H20N2O. The molecule has 0 amide bonds. The number of likely N-dealkylation sites (tertiary alicyclic amines) is 1. The van der Waals surface area contributed by atoms with Crippen molar-refractivity contribution in [3.63, 3.8) is 0 Å². The number of pyridine rings is 1. The minimum Gasteiger partial charge on any atom is -0.393 e. The highest BCUT2D eigenvalue weighted by atomic mass is 16.3. The minimum atomic E-state index is -0.164. The van der Waals surface area contributed by atoms with E-state index >= 15 is 0 Å². The first-order valence-electron chi connectivity index (χ1n) is 7.88. The monoisotopic (exact) mass is 304 g/mol. The quantitative estimate of drug-likeness (QED) is 0.867. The maximum Gasteiger partial charge on any atom is 0.113 e. The van der Waals surface area contributed by atoms with Crippen molar-refractivity contribution in [3.05, 3.63) is 72.1 Å². The van der Waals surface area contributed by atoms with Gasteiger partial charge in [-0.15, -0.1) is 0 Å². The molecule has 1 saturated heterocycles. The van der Waals surface area contributed by atoms with Crippen LogP contribution < -0.4 is 0 Å². The standard InChI is InChI=1S/C20H20N2O/c1-16(22-14-11-20(23)12-15-22)18-8-5-17(6-9-18)7-10-19-4-2-3-13-21-19/h2-6,8-9,13,20,23H,1,11-12,14-15H2. The van der Waals surface area contributed by atoms with Crippen LogP contribution in [0.25, 0.3) is 5.70 Å². The number of nitrogens with zero attached hydrogens (tertiary/aromatic N) is 2. The molecule has 116 valence electrons. The van der Waals surface area contributed by atoms with Gasteiger partial charge in [-0.1, -0.05) is 30.7 Å². The Labute approximate surface area is 137 Å². The second-order valence-electron chi connectivity index (χ2n) is 5.71. The van der Waals surface area contributed by atoms with Crippen LogP contribution in [-0.2, 0) is 0 Å². The lowest BCUT2D eigenvalue weighted by molar-refractivity contribution is 0.106. The van der Waals surface area contributed by atoms with E-state index in [0.29, 0.717) is 0 Å². The summed E-state index contributed by atoms with van der Waals surface area (Å²) in [5.41, 5.74) is 3.85. The predicted octanol–water partition coefficient (Wildman–Crippen LogP) is 2.91. The molecule has 2 heterocycles. The number of benzene rings is 1. The van der Waals surface area contributed by atoms with Crippen LogP contribution in [0.5, 0.6) is 0 Å². The summed E-state index contributed by atoms with van der Waals surface area (Å²) in [4.78, 5) is 6.43. The Morgan fingerprint density at radius 2 is 1.83 bits per heavy atom. The van der Waals surface area contributed by atoms with Gasteiger partial charge in [0.05, 0.1) is 6.10 Å². The molecule has 3 rings (SSSR count). The number of hydrogen-bond donors (Lipinski definition) is 1. The molecule has 0 atom stereocenters. The van der Waals surface area contributed by atoms with Gasteiger partial charge < -0.3 is 10.0 Å². The van der Waals surface area contributed by atoms with Crippen molar-refractivity contribution in [2.24, 2.45) is 0 Å². The fourth-order valence-corrected chi connectivity index (χ4v) is 2.64. The molecule has 1 aliphatic heterocycles. The average Bonchev–Trinajstić information content (AvgIpc) is 2.61. The van der Waals surface area contributed by atoms with E-state index in [0.717, 1.165) is 48.4 Å². The molecule has 3 nitrogen and oxygen atoms in total. The van der Waals surface area contributed by atoms with Gasteiger partial charge in [0.1, 0.15) is 5.69 Å². The van der Waals surface area contributed by atoms with Crippen molar-refractivity contribution in [2.75, 3.05) is 13.1 Å². The topological polar surface area (TPSA) is 36.4 Å². The first-order chi connectivity index (χ1) is 11.2. The lowest BCUT2D eigenvalue weighted by Gasteiger charge is -2.33. The third-order valence-corrected chi connectivity index (χ3v) is 4.06. The molecular weight excluding hydrogens is 284 g/mol. The van der Waals surface area contributed by atoms with E-state index in [1.54, 1.807) is 6.20 Å². The summed E-state index contributed by atoms with van der Waals surface area (Å²) in [5.74, 6) is 6.18. The zero-order valence-corrected chi connectivity index (χ0v) is 13.1. The third-order valence-electron chi connectivity index (χ3n) is 4.06. The second-order valence-corrected chi connectivity index (χ2v) is 5.71. The average molecular weight is 304 g/mol. The van der Waals surface area contributed by atoms with E-state index in [2.05, 4.69) is 40.4 Å². The molecule has 0 unspecified atom stereocenters. The Morgan fingerprint density at radius 1 is 1.09 bits per heavy atom. The molecule has 0 radical (unpaired) electrons. The summed E-state index contributed by atoms with van der Waals surface area (Å²) in [6.45, 7) is 5.92. The van der Waals surface area contributed by atoms with Gasteiger partial charge in [0.15, 0.2) is 0 Å². The maximum absolute atomic E-state index is 9.59. The van der Waals surface area contributed by atoms with Crippen molar-refractivity contribution in [2.45, 2.75) is 18.9 Å². The Hall–Kier alpha value is -2.57. The van der Waals surface area contributed by atoms with Crippen molar-refractivity contribution in [3.8, 4) is 11.8 Å². The van der Waals surface area contributed by atoms with Gasteiger partial charge in [0.2, 0.25) is 0 Å². The van der Waals surface area contributed by atoms with Crippen LogP contribution in [0.3, 0.4) is 0 Å². The summed E-state index contributed by atoms with van der Waals surface area (Å²) < 4.78 is 0. The van der Waals surface area contributed by atoms with E-state index in [1.807, 2.05) is 30.3 Å². The summed E-state index contributed by atoms with van der Waals surface area (Å²) in [6.07, 6.45) is 3.20. The number of rotatable bonds is 2. The minimum absolute atomic E-state index is 0.164. The van der Waals surface area contributed by atoms with Gasteiger partial charge in [-0.3, -0.25) is 0 Å². The summed E-state index contributed by atoms with van der Waals surface area (Å²) in [7, 11) is 0. The number of aliphatic hydroxyl groups excluding tert-OH is 1. The molecule has 1 aromatic carbocycles. The molecule has 0 spiro atoms. The molecule has 1 fully saturated rings. The lowest BCUT2D eigenvalue weighted by atomic mass is 10.0. The Morgan fingerprint density at radius 3 is 2.48 bits per heavy atom. The van der Waals surface area contributed by atoms with E-state index in [9.17, 15) is 5.11 Å². The number of aliphatic hydroxyl groups is 1. The van der Waals surface area contributed by atoms with E-state index < -0.39 is 0 Å². The van der Waals surface area contributed by atoms with Gasteiger partial charge in [-0.25, -0.2) is 4.98 Å². The predicted molar refractivity (Wildman–Crippen MR) is 92.5 cm³/mol. The van der Waals surface area contributed by atoms with Gasteiger partial charge in [-0.05, 0) is 48.6 Å². The van der Waals surface area contributed by atoms with Crippen molar-refractivity contribution >= 4 is 5.70 Å². The number of hydrogen-bond acceptors (Lipinski definition) is 3. The van der Waals surface area contributed by atoms with E-state index in [4.69, 9.17) is 0 Å². The zero-order valence-electron chi connectivity index (χ0n) is 13.1. The molecule has 2 aromatic rings. The Bertz CT molecular complexity index is 718. The van der Waals surface area contributed by atoms with Crippen molar-refractivity contribution in [1.29, 1.82) is 0 Å². The van der Waals surface area contributed by atoms with Gasteiger partial charge in [-0.2, -0.15) is 0 Å². The normalized spacial score (nSPS) is 14.9. The van der Waals surface area contributed by atoms with Crippen molar-refractivity contribution in [1.82, 2.24) is 9.88 Å². The second kappa shape index (κ2) is 7.13. The van der Waals surface area contributed by atoms with Crippen LogP contribution >= 0.6 is 0 Å². The van der Waals surface area contributed by atoms with Crippen LogP contribution in [-0.4, -0.2) is 34.2 Å². The first-order valence-corrected chi connectivity index (χ1v) is 7.88. The first kappa shape index (κ1) is 15.3. The van der Waals surface area contributed by atoms with E-state index in [-0.39, 0.29) is 6.10 Å². The largest absolute Gasteiger partial charge is 0.393 e. The molecule has 0 bridgehead atoms. The van der Waals surface area contributed by atoms with Gasteiger partial charge >= 0.3 is 0 Å². The highest BCUT2D eigenvalue weighted by molar-refractivity contribution is 5.63. The smallest absolute Gasteiger partial charge is 0.113 e. The lowest BCUT2D eigenvalue weighted by Crippen LogP contribution is -2.34. The number of piperidine rings is 1. The molecule has 0 saturated carbocycles. The van der Waals surface area contributed by atoms with Crippen LogP contribution in [0, 0.1) is 11.8 Å². The number of aromatic nitrogens is 1. The summed E-state index contributed by atoms with van der Waals surface area (Å²) in [6, 6.07) is 13.8. The van der Waals surface area contributed by atoms with Crippen LogP contribution in [0.15, 0.2) is 55.2 Å². The maximum atomic E-state index is 9.59. The summed E-state index contributed by atoms with van der Waals surface area (Å²) >= 11 is 0. The van der Waals surface area contributed by atoms with Crippen LogP contribution in [0.2, 0.25) is 0 Å². The molecule has 0 aliphatic carbocycles. The Kier molecular flexibility index (Phi) is 4.75. The fourth-order valence-electron chi connectivity index (χ4n) is 2.64. The van der Waals surface area contributed by atoms with Gasteiger partial charge in [0.25, 0.3) is 0 Å². The van der Waals surface area contributed by atoms with Gasteiger partial charge in [0, 0.05) is 30.5 Å². The highest BCUT2D eigenvalue weighted by Gasteiger charge is 2.18. The SMILES string of the molecule is C=C(c1ccc(C#Cc2ccccn2)cc1)N1CCC(O)CC1. The third kappa shape index (κ3) is 4.00. The molecule has 23 heavy (non-hydrogen) atoms. The fraction of sp³-hybridized carbons (Fsp3) is 0.250. The van der Waals surface area contributed by atoms with Crippen LogP contribution in [0.1, 0.15) is 29.7 Å². The molecule has 3 heteroatoms. The molecule has 1 N–H and O–H groups in total. The highest BCUT2D eigenvalue weighted by Crippen LogP contribution is 2.22. The Balaban J connectivity index is 1.67. The van der Waals surface area contributed by atoms with Crippen molar-refractivity contribution < 1.29 is 5.11 Å². The summed E-state index contributed by atoms with van der Waals surface area (Å²) in [5, 5.41) is 9.59.